The van der Waals surface area contributed by atoms with Gasteiger partial charge in [0.25, 0.3) is 0 Å². The van der Waals surface area contributed by atoms with Crippen LogP contribution < -0.4 is 10.6 Å². The lowest BCUT2D eigenvalue weighted by Gasteiger charge is -2.11. The molecular weight excluding hydrogens is 359 g/mol. The van der Waals surface area contributed by atoms with Gasteiger partial charge in [-0.3, -0.25) is 14.6 Å². The number of anilines is 1. The van der Waals surface area contributed by atoms with Crippen molar-refractivity contribution in [3.8, 4) is 0 Å². The van der Waals surface area contributed by atoms with Crippen molar-refractivity contribution < 1.29 is 22.8 Å². The van der Waals surface area contributed by atoms with Crippen LogP contribution in [0.3, 0.4) is 0 Å². The maximum Gasteiger partial charge on any atom is 0.416 e. The van der Waals surface area contributed by atoms with Crippen LogP contribution in [-0.4, -0.2) is 23.3 Å². The van der Waals surface area contributed by atoms with Crippen LogP contribution in [0, 0.1) is 0 Å². The number of benzene rings is 1. The van der Waals surface area contributed by atoms with Crippen molar-refractivity contribution in [3.05, 3.63) is 58.9 Å². The number of hydrogen-bond acceptors (Lipinski definition) is 3. The van der Waals surface area contributed by atoms with Gasteiger partial charge in [-0.05, 0) is 30.3 Å². The number of nitrogens with zero attached hydrogens (tertiary/aromatic N) is 1. The second-order valence-corrected chi connectivity index (χ2v) is 5.38. The van der Waals surface area contributed by atoms with E-state index in [1.54, 1.807) is 24.4 Å². The molecule has 0 saturated carbocycles. The summed E-state index contributed by atoms with van der Waals surface area (Å²) >= 11 is 5.76. The highest BCUT2D eigenvalue weighted by Crippen LogP contribution is 2.33. The monoisotopic (exact) mass is 371 g/mol. The zero-order chi connectivity index (χ0) is 18.4. The lowest BCUT2D eigenvalue weighted by atomic mass is 10.2. The molecule has 9 heteroatoms. The number of alkyl halides is 3. The van der Waals surface area contributed by atoms with Crippen LogP contribution in [0.2, 0.25) is 5.02 Å². The fourth-order valence-electron chi connectivity index (χ4n) is 1.91. The van der Waals surface area contributed by atoms with E-state index in [9.17, 15) is 22.8 Å². The highest BCUT2D eigenvalue weighted by Gasteiger charge is 2.31. The van der Waals surface area contributed by atoms with Gasteiger partial charge in [0.15, 0.2) is 0 Å². The van der Waals surface area contributed by atoms with Crippen molar-refractivity contribution in [3.63, 3.8) is 0 Å². The van der Waals surface area contributed by atoms with Crippen molar-refractivity contribution in [2.45, 2.75) is 12.6 Å². The van der Waals surface area contributed by atoms with Crippen LogP contribution in [0.1, 0.15) is 11.3 Å². The van der Waals surface area contributed by atoms with Gasteiger partial charge in [-0.15, -0.1) is 0 Å². The van der Waals surface area contributed by atoms with Crippen molar-refractivity contribution in [1.82, 2.24) is 10.3 Å². The van der Waals surface area contributed by atoms with Crippen LogP contribution >= 0.6 is 11.6 Å². The Morgan fingerprint density at radius 3 is 2.52 bits per heavy atom. The Morgan fingerprint density at radius 2 is 1.88 bits per heavy atom. The molecule has 0 fully saturated rings. The molecule has 2 rings (SSSR count). The predicted octanol–water partition coefficient (Wildman–Crippen LogP) is 3.05. The minimum Gasteiger partial charge on any atom is -0.347 e. The molecule has 0 aliphatic heterocycles. The maximum absolute atomic E-state index is 12.7. The maximum atomic E-state index is 12.7. The number of carbonyl (C=O) groups is 2. The molecule has 1 aromatic carbocycles. The van der Waals surface area contributed by atoms with Gasteiger partial charge in [-0.1, -0.05) is 17.7 Å². The third-order valence-electron chi connectivity index (χ3n) is 3.14. The van der Waals surface area contributed by atoms with Gasteiger partial charge in [0.05, 0.1) is 16.3 Å². The highest BCUT2D eigenvalue weighted by molar-refractivity contribution is 6.41. The molecule has 0 aliphatic rings. The minimum absolute atomic E-state index is 0.109. The number of aromatic nitrogens is 1. The Balaban J connectivity index is 1.93. The van der Waals surface area contributed by atoms with Gasteiger partial charge >= 0.3 is 18.0 Å². The first kappa shape index (κ1) is 18.7. The molecule has 0 atom stereocenters. The van der Waals surface area contributed by atoms with Gasteiger partial charge in [0.2, 0.25) is 0 Å². The average Bonchev–Trinajstić information content (AvgIpc) is 2.56. The standard InChI is InChI=1S/C16H13ClF3N3O2/c17-12-5-4-10(16(18,19)20)9-13(12)23-15(25)14(24)22-8-6-11-3-1-2-7-21-11/h1-5,7,9H,6,8H2,(H,22,24)(H,23,25). The number of amides is 2. The number of halogens is 4. The van der Waals surface area contributed by atoms with Gasteiger partial charge < -0.3 is 10.6 Å². The Morgan fingerprint density at radius 1 is 1.12 bits per heavy atom. The van der Waals surface area contributed by atoms with Crippen molar-refractivity contribution >= 4 is 29.1 Å². The fourth-order valence-corrected chi connectivity index (χ4v) is 2.07. The SMILES string of the molecule is O=C(NCCc1ccccn1)C(=O)Nc1cc(C(F)(F)F)ccc1Cl. The molecule has 0 bridgehead atoms. The Bertz CT molecular complexity index is 767. The van der Waals surface area contributed by atoms with Crippen LogP contribution in [0.25, 0.3) is 0 Å². The van der Waals surface area contributed by atoms with E-state index >= 15 is 0 Å². The molecule has 0 saturated heterocycles. The summed E-state index contributed by atoms with van der Waals surface area (Å²) in [6, 6.07) is 7.74. The van der Waals surface area contributed by atoms with Gasteiger partial charge in [0, 0.05) is 24.9 Å². The number of nitrogens with one attached hydrogen (secondary N) is 2. The zero-order valence-corrected chi connectivity index (χ0v) is 13.5. The molecule has 132 valence electrons. The van der Waals surface area contributed by atoms with Crippen molar-refractivity contribution in [2.75, 3.05) is 11.9 Å². The van der Waals surface area contributed by atoms with Crippen LogP contribution in [0.5, 0.6) is 0 Å². The molecule has 1 heterocycles. The van der Waals surface area contributed by atoms with E-state index in [0.717, 1.165) is 17.8 Å². The highest BCUT2D eigenvalue weighted by atomic mass is 35.5. The molecule has 0 radical (unpaired) electrons. The van der Waals surface area contributed by atoms with E-state index in [2.05, 4.69) is 15.6 Å². The Hall–Kier alpha value is -2.61. The quantitative estimate of drug-likeness (QED) is 0.811. The first-order chi connectivity index (χ1) is 11.8. The van der Waals surface area contributed by atoms with Crippen molar-refractivity contribution in [2.24, 2.45) is 0 Å². The largest absolute Gasteiger partial charge is 0.416 e. The van der Waals surface area contributed by atoms with Crippen LogP contribution in [0.4, 0.5) is 18.9 Å². The summed E-state index contributed by atoms with van der Waals surface area (Å²) in [5, 5.41) is 4.32. The summed E-state index contributed by atoms with van der Waals surface area (Å²) in [6.07, 6.45) is -2.58. The molecule has 5 nitrogen and oxygen atoms in total. The van der Waals surface area contributed by atoms with E-state index < -0.39 is 23.6 Å². The minimum atomic E-state index is -4.59. The molecule has 2 aromatic rings. The predicted molar refractivity (Wildman–Crippen MR) is 86.0 cm³/mol. The van der Waals surface area contributed by atoms with Gasteiger partial charge in [0.1, 0.15) is 0 Å². The van der Waals surface area contributed by atoms with Crippen molar-refractivity contribution in [1.29, 1.82) is 0 Å². The second kappa shape index (κ2) is 7.98. The second-order valence-electron chi connectivity index (χ2n) is 4.97. The molecule has 0 unspecified atom stereocenters. The number of carbonyl (C=O) groups excluding carboxylic acids is 2. The first-order valence-electron chi connectivity index (χ1n) is 7.13. The van der Waals surface area contributed by atoms with Crippen LogP contribution in [0.15, 0.2) is 42.6 Å². The summed E-state index contributed by atoms with van der Waals surface area (Å²) in [5.74, 6) is -2.09. The van der Waals surface area contributed by atoms with E-state index in [4.69, 9.17) is 11.6 Å². The number of pyridine rings is 1. The normalized spacial score (nSPS) is 11.0. The van der Waals surface area contributed by atoms with E-state index in [1.807, 2.05) is 0 Å². The summed E-state index contributed by atoms with van der Waals surface area (Å²) in [5.41, 5.74) is -0.548. The molecule has 2 amide bonds. The fraction of sp³-hybridized carbons (Fsp3) is 0.188. The van der Waals surface area contributed by atoms with Gasteiger partial charge in [-0.2, -0.15) is 13.2 Å². The third kappa shape index (κ3) is 5.46. The lowest BCUT2D eigenvalue weighted by molar-refractivity contribution is -0.137. The third-order valence-corrected chi connectivity index (χ3v) is 3.47. The van der Waals surface area contributed by atoms with Crippen LogP contribution in [-0.2, 0) is 22.2 Å². The van der Waals surface area contributed by atoms with E-state index in [1.165, 1.54) is 0 Å². The molecule has 25 heavy (non-hydrogen) atoms. The van der Waals surface area contributed by atoms with E-state index in [-0.39, 0.29) is 17.3 Å². The summed E-state index contributed by atoms with van der Waals surface area (Å²) < 4.78 is 38.0. The topological polar surface area (TPSA) is 71.1 Å². The van der Waals surface area contributed by atoms with Gasteiger partial charge in [-0.25, -0.2) is 0 Å². The first-order valence-corrected chi connectivity index (χ1v) is 7.51. The summed E-state index contributed by atoms with van der Waals surface area (Å²) in [6.45, 7) is 0.152. The smallest absolute Gasteiger partial charge is 0.347 e. The molecule has 0 spiro atoms. The summed E-state index contributed by atoms with van der Waals surface area (Å²) in [4.78, 5) is 27.6. The molecule has 1 aromatic heterocycles. The summed E-state index contributed by atoms with van der Waals surface area (Å²) in [7, 11) is 0. The molecule has 0 aliphatic carbocycles. The number of hydrogen-bond donors (Lipinski definition) is 2. The Kier molecular flexibility index (Phi) is 5.97. The number of rotatable bonds is 4. The molecular formula is C16H13ClF3N3O2. The lowest BCUT2D eigenvalue weighted by Crippen LogP contribution is -2.36. The van der Waals surface area contributed by atoms with E-state index in [0.29, 0.717) is 12.5 Å². The Labute approximate surface area is 146 Å². The average molecular weight is 372 g/mol. The zero-order valence-electron chi connectivity index (χ0n) is 12.7. The molecule has 2 N–H and O–H groups in total.